The van der Waals surface area contributed by atoms with Gasteiger partial charge in [-0.05, 0) is 25.7 Å². The molecular weight excluding hydrogens is 231 g/mol. The van der Waals surface area contributed by atoms with Gasteiger partial charge in [0.15, 0.2) is 11.6 Å². The fraction of sp³-hybridized carbons (Fsp3) is 0.429. The second-order valence-corrected chi connectivity index (χ2v) is 4.51. The summed E-state index contributed by atoms with van der Waals surface area (Å²) in [5.41, 5.74) is 8.40. The number of allylic oxidation sites excluding steroid dienone is 1. The number of hydrogen-bond donors (Lipinski definition) is 2. The Kier molecular flexibility index (Phi) is 4.07. The van der Waals surface area contributed by atoms with Gasteiger partial charge < -0.3 is 15.8 Å². The Morgan fingerprint density at radius 3 is 2.94 bits per heavy atom. The number of methoxy groups -OCH3 is 1. The molecule has 98 valence electrons. The number of ether oxygens (including phenoxy) is 1. The van der Waals surface area contributed by atoms with Crippen LogP contribution in [0, 0.1) is 5.82 Å². The lowest BCUT2D eigenvalue weighted by molar-refractivity contribution is 0.387. The van der Waals surface area contributed by atoms with E-state index in [0.29, 0.717) is 5.69 Å². The normalized spacial score (nSPS) is 14.4. The number of benzene rings is 1. The predicted molar refractivity (Wildman–Crippen MR) is 72.4 cm³/mol. The van der Waals surface area contributed by atoms with Crippen LogP contribution >= 0.6 is 0 Å². The zero-order valence-electron chi connectivity index (χ0n) is 10.6. The number of rotatable bonds is 5. The molecule has 0 saturated carbocycles. The lowest BCUT2D eigenvalue weighted by atomic mass is 10.1. The number of halogens is 1. The summed E-state index contributed by atoms with van der Waals surface area (Å²) in [6.07, 6.45) is 6.98. The molecule has 0 saturated heterocycles. The van der Waals surface area contributed by atoms with Crippen molar-refractivity contribution in [1.82, 2.24) is 0 Å². The maximum absolute atomic E-state index is 13.4. The molecule has 4 heteroatoms. The SMILES string of the molecule is COc1cc(NCCC2=CCCC2)c(N)cc1F. The number of nitrogens with one attached hydrogen (secondary N) is 1. The molecule has 0 heterocycles. The summed E-state index contributed by atoms with van der Waals surface area (Å²) < 4.78 is 18.3. The third kappa shape index (κ3) is 2.94. The smallest absolute Gasteiger partial charge is 0.167 e. The molecule has 0 unspecified atom stereocenters. The van der Waals surface area contributed by atoms with Crippen LogP contribution in [0.15, 0.2) is 23.8 Å². The summed E-state index contributed by atoms with van der Waals surface area (Å²) in [5, 5.41) is 3.23. The second-order valence-electron chi connectivity index (χ2n) is 4.51. The number of nitrogens with two attached hydrogens (primary N) is 1. The fourth-order valence-corrected chi connectivity index (χ4v) is 2.20. The molecule has 18 heavy (non-hydrogen) atoms. The minimum absolute atomic E-state index is 0.215. The quantitative estimate of drug-likeness (QED) is 0.622. The molecule has 0 spiro atoms. The molecular formula is C14H19FN2O. The van der Waals surface area contributed by atoms with E-state index in [0.717, 1.165) is 18.7 Å². The van der Waals surface area contributed by atoms with Gasteiger partial charge in [-0.25, -0.2) is 4.39 Å². The summed E-state index contributed by atoms with van der Waals surface area (Å²) in [7, 11) is 1.45. The Morgan fingerprint density at radius 1 is 1.44 bits per heavy atom. The number of hydrogen-bond acceptors (Lipinski definition) is 3. The molecule has 0 bridgehead atoms. The standard InChI is InChI=1S/C14H19FN2O/c1-18-14-9-13(12(16)8-11(14)15)17-7-6-10-4-2-3-5-10/h4,8-9,17H,2-3,5-7,16H2,1H3. The van der Waals surface area contributed by atoms with Gasteiger partial charge in [0.05, 0.1) is 18.5 Å². The van der Waals surface area contributed by atoms with Gasteiger partial charge in [0.2, 0.25) is 0 Å². The van der Waals surface area contributed by atoms with Gasteiger partial charge in [0.1, 0.15) is 0 Å². The summed E-state index contributed by atoms with van der Waals surface area (Å²) >= 11 is 0. The Hall–Kier alpha value is -1.71. The molecule has 1 aliphatic carbocycles. The Bertz CT molecular complexity index is 457. The molecule has 0 aromatic heterocycles. The highest BCUT2D eigenvalue weighted by molar-refractivity contribution is 5.68. The molecule has 0 fully saturated rings. The zero-order valence-corrected chi connectivity index (χ0v) is 10.6. The van der Waals surface area contributed by atoms with Gasteiger partial charge in [-0.2, -0.15) is 0 Å². The first-order valence-electron chi connectivity index (χ1n) is 6.25. The maximum atomic E-state index is 13.4. The van der Waals surface area contributed by atoms with Gasteiger partial charge in [0, 0.05) is 18.7 Å². The van der Waals surface area contributed by atoms with Gasteiger partial charge in [-0.3, -0.25) is 0 Å². The van der Waals surface area contributed by atoms with Gasteiger partial charge in [-0.1, -0.05) is 11.6 Å². The molecule has 0 atom stereocenters. The van der Waals surface area contributed by atoms with Crippen molar-refractivity contribution in [2.24, 2.45) is 0 Å². The first-order valence-corrected chi connectivity index (χ1v) is 6.25. The van der Waals surface area contributed by atoms with Crippen LogP contribution in [-0.2, 0) is 0 Å². The van der Waals surface area contributed by atoms with Crippen LogP contribution in [0.1, 0.15) is 25.7 Å². The van der Waals surface area contributed by atoms with Crippen LogP contribution in [0.5, 0.6) is 5.75 Å². The topological polar surface area (TPSA) is 47.3 Å². The molecule has 3 N–H and O–H groups in total. The summed E-state index contributed by atoms with van der Waals surface area (Å²) in [6, 6.07) is 2.89. The van der Waals surface area contributed by atoms with Crippen molar-refractivity contribution in [2.45, 2.75) is 25.7 Å². The van der Waals surface area contributed by atoms with Crippen molar-refractivity contribution in [3.8, 4) is 5.75 Å². The Labute approximate surface area is 107 Å². The fourth-order valence-electron chi connectivity index (χ4n) is 2.20. The van der Waals surface area contributed by atoms with E-state index in [-0.39, 0.29) is 5.75 Å². The third-order valence-corrected chi connectivity index (χ3v) is 3.22. The Balaban J connectivity index is 1.95. The van der Waals surface area contributed by atoms with Crippen molar-refractivity contribution in [1.29, 1.82) is 0 Å². The van der Waals surface area contributed by atoms with Crippen LogP contribution in [0.25, 0.3) is 0 Å². The summed E-state index contributed by atoms with van der Waals surface area (Å²) in [4.78, 5) is 0. The molecule has 1 aliphatic rings. The van der Waals surface area contributed by atoms with Crippen LogP contribution < -0.4 is 15.8 Å². The van der Waals surface area contributed by atoms with E-state index in [1.807, 2.05) is 0 Å². The van der Waals surface area contributed by atoms with Crippen LogP contribution in [-0.4, -0.2) is 13.7 Å². The van der Waals surface area contributed by atoms with Crippen LogP contribution in [0.3, 0.4) is 0 Å². The molecule has 1 aromatic rings. The first kappa shape index (κ1) is 12.7. The molecule has 0 radical (unpaired) electrons. The van der Waals surface area contributed by atoms with Crippen molar-refractivity contribution >= 4 is 11.4 Å². The largest absolute Gasteiger partial charge is 0.494 e. The van der Waals surface area contributed by atoms with E-state index in [9.17, 15) is 4.39 Å². The molecule has 1 aromatic carbocycles. The van der Waals surface area contributed by atoms with E-state index < -0.39 is 5.82 Å². The van der Waals surface area contributed by atoms with Crippen LogP contribution in [0.4, 0.5) is 15.8 Å². The zero-order chi connectivity index (χ0) is 13.0. The monoisotopic (exact) mass is 250 g/mol. The minimum Gasteiger partial charge on any atom is -0.494 e. The lowest BCUT2D eigenvalue weighted by Crippen LogP contribution is -2.06. The van der Waals surface area contributed by atoms with Crippen molar-refractivity contribution in [3.63, 3.8) is 0 Å². The van der Waals surface area contributed by atoms with Crippen LogP contribution in [0.2, 0.25) is 0 Å². The van der Waals surface area contributed by atoms with E-state index in [1.165, 1.54) is 38.0 Å². The molecule has 3 nitrogen and oxygen atoms in total. The van der Waals surface area contributed by atoms with E-state index >= 15 is 0 Å². The number of nitrogen functional groups attached to an aromatic ring is 1. The summed E-state index contributed by atoms with van der Waals surface area (Å²) in [5.74, 6) is -0.217. The van der Waals surface area contributed by atoms with Crippen molar-refractivity contribution in [3.05, 3.63) is 29.6 Å². The average Bonchev–Trinajstić information content (AvgIpc) is 2.85. The third-order valence-electron chi connectivity index (χ3n) is 3.22. The Morgan fingerprint density at radius 2 is 2.28 bits per heavy atom. The molecule has 0 amide bonds. The van der Waals surface area contributed by atoms with E-state index in [2.05, 4.69) is 11.4 Å². The highest BCUT2D eigenvalue weighted by Crippen LogP contribution is 2.28. The predicted octanol–water partition coefficient (Wildman–Crippen LogP) is 3.33. The van der Waals surface area contributed by atoms with Gasteiger partial charge >= 0.3 is 0 Å². The highest BCUT2D eigenvalue weighted by atomic mass is 19.1. The maximum Gasteiger partial charge on any atom is 0.167 e. The minimum atomic E-state index is -0.431. The highest BCUT2D eigenvalue weighted by Gasteiger charge is 2.09. The lowest BCUT2D eigenvalue weighted by Gasteiger charge is -2.12. The second kappa shape index (κ2) is 5.76. The van der Waals surface area contributed by atoms with E-state index in [1.54, 1.807) is 6.07 Å². The van der Waals surface area contributed by atoms with E-state index in [4.69, 9.17) is 10.5 Å². The van der Waals surface area contributed by atoms with Gasteiger partial charge in [0.25, 0.3) is 0 Å². The average molecular weight is 250 g/mol. The molecule has 0 aliphatic heterocycles. The summed E-state index contributed by atoms with van der Waals surface area (Å²) in [6.45, 7) is 0.810. The number of anilines is 2. The van der Waals surface area contributed by atoms with Gasteiger partial charge in [-0.15, -0.1) is 0 Å². The van der Waals surface area contributed by atoms with Crippen molar-refractivity contribution < 1.29 is 9.13 Å². The molecule has 2 rings (SSSR count). The van der Waals surface area contributed by atoms with Crippen molar-refractivity contribution in [2.75, 3.05) is 24.7 Å². The first-order chi connectivity index (χ1) is 8.70.